The van der Waals surface area contributed by atoms with Crippen LogP contribution in [-0.4, -0.2) is 11.8 Å². The van der Waals surface area contributed by atoms with Gasteiger partial charge in [-0.1, -0.05) is 0 Å². The van der Waals surface area contributed by atoms with Crippen LogP contribution in [0.1, 0.15) is 21.7 Å². The highest BCUT2D eigenvalue weighted by Crippen LogP contribution is 2.25. The third-order valence-electron chi connectivity index (χ3n) is 2.03. The third kappa shape index (κ3) is 1.40. The molecule has 2 N–H and O–H groups in total. The van der Waals surface area contributed by atoms with E-state index in [2.05, 4.69) is 0 Å². The van der Waals surface area contributed by atoms with Crippen LogP contribution in [0, 0.1) is 0 Å². The van der Waals surface area contributed by atoms with Crippen LogP contribution in [0.5, 0.6) is 0 Å². The number of carbonyl (C=O) groups is 1. The van der Waals surface area contributed by atoms with Crippen molar-refractivity contribution in [1.82, 2.24) is 0 Å². The molecule has 12 heavy (non-hydrogen) atoms. The SMILES string of the molecule is Cl.NC1CCc2sccc2C1=O. The summed E-state index contributed by atoms with van der Waals surface area (Å²) in [5, 5.41) is 1.96. The van der Waals surface area contributed by atoms with Gasteiger partial charge in [0, 0.05) is 10.4 Å². The molecule has 1 aliphatic rings. The van der Waals surface area contributed by atoms with Gasteiger partial charge < -0.3 is 5.73 Å². The fraction of sp³-hybridized carbons (Fsp3) is 0.375. The Labute approximate surface area is 81.2 Å². The zero-order valence-electron chi connectivity index (χ0n) is 6.45. The zero-order valence-corrected chi connectivity index (χ0v) is 8.08. The highest BCUT2D eigenvalue weighted by molar-refractivity contribution is 7.10. The van der Waals surface area contributed by atoms with Gasteiger partial charge in [0.2, 0.25) is 0 Å². The first-order valence-electron chi connectivity index (χ1n) is 3.65. The molecule has 2 rings (SSSR count). The van der Waals surface area contributed by atoms with E-state index in [0.29, 0.717) is 0 Å². The van der Waals surface area contributed by atoms with Gasteiger partial charge in [0.25, 0.3) is 0 Å². The van der Waals surface area contributed by atoms with E-state index in [9.17, 15) is 4.79 Å². The van der Waals surface area contributed by atoms with Gasteiger partial charge in [-0.3, -0.25) is 4.79 Å². The summed E-state index contributed by atoms with van der Waals surface area (Å²) >= 11 is 1.65. The molecule has 0 radical (unpaired) electrons. The topological polar surface area (TPSA) is 43.1 Å². The summed E-state index contributed by atoms with van der Waals surface area (Å²) in [6.45, 7) is 0. The maximum atomic E-state index is 11.4. The van der Waals surface area contributed by atoms with Crippen molar-refractivity contribution in [1.29, 1.82) is 0 Å². The predicted octanol–water partition coefficient (Wildman–Crippen LogP) is 1.63. The lowest BCUT2D eigenvalue weighted by molar-refractivity contribution is 0.0949. The molecule has 0 saturated heterocycles. The number of aryl methyl sites for hydroxylation is 1. The number of Topliss-reactive ketones (excluding diaryl/α,β-unsaturated/α-hetero) is 1. The van der Waals surface area contributed by atoms with Crippen molar-refractivity contribution >= 4 is 29.5 Å². The van der Waals surface area contributed by atoms with Crippen molar-refractivity contribution in [3.63, 3.8) is 0 Å². The highest BCUT2D eigenvalue weighted by Gasteiger charge is 2.24. The molecule has 0 aromatic carbocycles. The first kappa shape index (κ1) is 9.71. The van der Waals surface area contributed by atoms with Crippen LogP contribution in [0.25, 0.3) is 0 Å². The average Bonchev–Trinajstić information content (AvgIpc) is 2.45. The minimum Gasteiger partial charge on any atom is -0.321 e. The quantitative estimate of drug-likeness (QED) is 0.697. The molecule has 0 saturated carbocycles. The molecular weight excluding hydrogens is 194 g/mol. The number of hydrogen-bond acceptors (Lipinski definition) is 3. The molecule has 0 spiro atoms. The summed E-state index contributed by atoms with van der Waals surface area (Å²) in [6.07, 6.45) is 1.78. The summed E-state index contributed by atoms with van der Waals surface area (Å²) in [5.41, 5.74) is 6.46. The number of ketones is 1. The maximum absolute atomic E-state index is 11.4. The van der Waals surface area contributed by atoms with Crippen LogP contribution in [0.15, 0.2) is 11.4 Å². The smallest absolute Gasteiger partial charge is 0.180 e. The minimum atomic E-state index is -0.253. The molecule has 1 unspecified atom stereocenters. The van der Waals surface area contributed by atoms with Crippen molar-refractivity contribution < 1.29 is 4.79 Å². The molecule has 0 bridgehead atoms. The molecule has 0 aliphatic heterocycles. The van der Waals surface area contributed by atoms with Gasteiger partial charge in [-0.2, -0.15) is 0 Å². The second-order valence-electron chi connectivity index (χ2n) is 2.77. The Hall–Kier alpha value is -0.380. The summed E-state index contributed by atoms with van der Waals surface area (Å²) in [6, 6.07) is 1.62. The Morgan fingerprint density at radius 1 is 1.58 bits per heavy atom. The molecule has 2 nitrogen and oxygen atoms in total. The number of fused-ring (bicyclic) bond motifs is 1. The van der Waals surface area contributed by atoms with Gasteiger partial charge in [0.1, 0.15) is 0 Å². The Kier molecular flexibility index (Phi) is 2.88. The normalized spacial score (nSPS) is 21.4. The number of carbonyl (C=O) groups excluding carboxylic acids is 1. The highest BCUT2D eigenvalue weighted by atomic mass is 35.5. The summed E-state index contributed by atoms with van der Waals surface area (Å²) in [4.78, 5) is 12.6. The monoisotopic (exact) mass is 203 g/mol. The lowest BCUT2D eigenvalue weighted by atomic mass is 9.94. The van der Waals surface area contributed by atoms with Gasteiger partial charge in [0.15, 0.2) is 5.78 Å². The van der Waals surface area contributed by atoms with E-state index in [1.165, 1.54) is 4.88 Å². The lowest BCUT2D eigenvalue weighted by Crippen LogP contribution is -2.34. The molecule has 1 aromatic heterocycles. The van der Waals surface area contributed by atoms with Gasteiger partial charge in [0.05, 0.1) is 6.04 Å². The fourth-order valence-electron chi connectivity index (χ4n) is 1.37. The second kappa shape index (κ2) is 3.56. The summed E-state index contributed by atoms with van der Waals surface area (Å²) in [7, 11) is 0. The van der Waals surface area contributed by atoms with Crippen molar-refractivity contribution in [2.75, 3.05) is 0 Å². The van der Waals surface area contributed by atoms with E-state index < -0.39 is 0 Å². The number of nitrogens with two attached hydrogens (primary N) is 1. The van der Waals surface area contributed by atoms with E-state index in [0.717, 1.165) is 18.4 Å². The first-order valence-corrected chi connectivity index (χ1v) is 4.53. The van der Waals surface area contributed by atoms with E-state index in [-0.39, 0.29) is 24.2 Å². The Balaban J connectivity index is 0.000000720. The Bertz CT molecular complexity index is 297. The molecule has 1 atom stereocenters. The standard InChI is InChI=1S/C8H9NOS.ClH/c9-6-1-2-7-5(8(6)10)3-4-11-7;/h3-4,6H,1-2,9H2;1H. The van der Waals surface area contributed by atoms with Gasteiger partial charge in [-0.25, -0.2) is 0 Å². The van der Waals surface area contributed by atoms with Gasteiger partial charge >= 0.3 is 0 Å². The van der Waals surface area contributed by atoms with Crippen LogP contribution in [0.4, 0.5) is 0 Å². The van der Waals surface area contributed by atoms with Crippen molar-refractivity contribution in [3.05, 3.63) is 21.9 Å². The summed E-state index contributed by atoms with van der Waals surface area (Å²) in [5.74, 6) is 0.118. The Morgan fingerprint density at radius 3 is 3.08 bits per heavy atom. The van der Waals surface area contributed by atoms with Crippen molar-refractivity contribution in [2.24, 2.45) is 5.73 Å². The molecule has 0 amide bonds. The molecule has 1 aliphatic carbocycles. The summed E-state index contributed by atoms with van der Waals surface area (Å²) < 4.78 is 0. The van der Waals surface area contributed by atoms with Gasteiger partial charge in [-0.15, -0.1) is 23.7 Å². The number of thiophene rings is 1. The maximum Gasteiger partial charge on any atom is 0.180 e. The molecule has 1 heterocycles. The van der Waals surface area contributed by atoms with Crippen LogP contribution in [-0.2, 0) is 6.42 Å². The van der Waals surface area contributed by atoms with Crippen LogP contribution < -0.4 is 5.73 Å². The number of rotatable bonds is 0. The number of hydrogen-bond donors (Lipinski definition) is 1. The van der Waals surface area contributed by atoms with Crippen LogP contribution in [0.2, 0.25) is 0 Å². The largest absolute Gasteiger partial charge is 0.321 e. The van der Waals surface area contributed by atoms with Crippen LogP contribution >= 0.6 is 23.7 Å². The van der Waals surface area contributed by atoms with Crippen LogP contribution in [0.3, 0.4) is 0 Å². The molecular formula is C8H10ClNOS. The Morgan fingerprint density at radius 2 is 2.33 bits per heavy atom. The average molecular weight is 204 g/mol. The molecule has 0 fully saturated rings. The van der Waals surface area contributed by atoms with E-state index in [1.807, 2.05) is 11.4 Å². The fourth-order valence-corrected chi connectivity index (χ4v) is 2.27. The van der Waals surface area contributed by atoms with Crippen molar-refractivity contribution in [2.45, 2.75) is 18.9 Å². The first-order chi connectivity index (χ1) is 5.29. The molecule has 4 heteroatoms. The minimum absolute atomic E-state index is 0. The van der Waals surface area contributed by atoms with Gasteiger partial charge in [-0.05, 0) is 24.3 Å². The second-order valence-corrected chi connectivity index (χ2v) is 3.77. The van der Waals surface area contributed by atoms with E-state index in [1.54, 1.807) is 11.3 Å². The van der Waals surface area contributed by atoms with E-state index >= 15 is 0 Å². The van der Waals surface area contributed by atoms with E-state index in [4.69, 9.17) is 5.73 Å². The zero-order chi connectivity index (χ0) is 7.84. The molecule has 1 aromatic rings. The molecule has 66 valence electrons. The van der Waals surface area contributed by atoms with Crippen molar-refractivity contribution in [3.8, 4) is 0 Å². The number of halogens is 1. The lowest BCUT2D eigenvalue weighted by Gasteiger charge is -2.15. The third-order valence-corrected chi connectivity index (χ3v) is 3.01. The predicted molar refractivity (Wildman–Crippen MR) is 52.2 cm³/mol.